The molecule has 2 aliphatic rings. The molecule has 0 bridgehead atoms. The minimum atomic E-state index is -3.63. The van der Waals surface area contributed by atoms with E-state index in [0.29, 0.717) is 29.2 Å². The maximum Gasteiger partial charge on any atom is 0.204 e. The molecule has 166 valence electrons. The Morgan fingerprint density at radius 1 is 0.968 bits per heavy atom. The number of rotatable bonds is 6. The number of benzene rings is 2. The molecule has 0 spiro atoms. The summed E-state index contributed by atoms with van der Waals surface area (Å²) in [5, 5.41) is 1.89. The fourth-order valence-corrected chi connectivity index (χ4v) is 4.86. The van der Waals surface area contributed by atoms with Crippen molar-refractivity contribution in [3.8, 4) is 11.5 Å². The molecular weight excluding hydrogens is 484 g/mol. The number of alkyl halides is 1. The highest BCUT2D eigenvalue weighted by atomic mass is 79.9. The largest absolute Gasteiger partial charge is 0.493 e. The van der Waals surface area contributed by atoms with Gasteiger partial charge in [0.15, 0.2) is 6.29 Å². The smallest absolute Gasteiger partial charge is 0.204 e. The SMILES string of the molecule is CC1(C)OC(c2ccc3c(c2)S(=O)(=O)C=C3Oc2ccc(OCCBr)cc2)OC1(C)C. The normalized spacial score (nSPS) is 20.9. The average Bonchev–Trinajstić information content (AvgIpc) is 3.08. The molecule has 0 aliphatic carbocycles. The van der Waals surface area contributed by atoms with Gasteiger partial charge in [-0.3, -0.25) is 0 Å². The molecule has 4 rings (SSSR count). The van der Waals surface area contributed by atoms with Gasteiger partial charge >= 0.3 is 0 Å². The summed E-state index contributed by atoms with van der Waals surface area (Å²) in [6.45, 7) is 8.39. The van der Waals surface area contributed by atoms with Crippen LogP contribution in [0.3, 0.4) is 0 Å². The Labute approximate surface area is 191 Å². The third-order valence-corrected chi connectivity index (χ3v) is 7.56. The van der Waals surface area contributed by atoms with Crippen molar-refractivity contribution in [2.75, 3.05) is 11.9 Å². The standard InChI is InChI=1S/C23H25BrO6S/c1-22(2)23(3,4)30-21(29-22)15-5-10-18-19(14-31(25,26)20(18)13-15)28-17-8-6-16(7-9-17)27-12-11-24/h5-10,13-14,21H,11-12H2,1-4H3. The van der Waals surface area contributed by atoms with Gasteiger partial charge in [0.1, 0.15) is 17.3 Å². The summed E-state index contributed by atoms with van der Waals surface area (Å²) in [7, 11) is -3.63. The Balaban J connectivity index is 1.57. The third-order valence-electron chi connectivity index (χ3n) is 5.76. The van der Waals surface area contributed by atoms with Crippen LogP contribution in [-0.2, 0) is 19.3 Å². The highest BCUT2D eigenvalue weighted by molar-refractivity contribution is 9.09. The monoisotopic (exact) mass is 508 g/mol. The van der Waals surface area contributed by atoms with Gasteiger partial charge < -0.3 is 18.9 Å². The zero-order valence-corrected chi connectivity index (χ0v) is 20.2. The summed E-state index contributed by atoms with van der Waals surface area (Å²) in [6, 6.07) is 12.2. The fourth-order valence-electron chi connectivity index (χ4n) is 3.34. The number of fused-ring (bicyclic) bond motifs is 1. The molecular formula is C23H25BrO6S. The quantitative estimate of drug-likeness (QED) is 0.497. The second-order valence-corrected chi connectivity index (χ2v) is 11.0. The number of ether oxygens (including phenoxy) is 4. The zero-order chi connectivity index (χ0) is 22.4. The Kier molecular flexibility index (Phi) is 5.70. The summed E-state index contributed by atoms with van der Waals surface area (Å²) >= 11 is 3.31. The van der Waals surface area contributed by atoms with E-state index in [1.807, 2.05) is 33.8 Å². The van der Waals surface area contributed by atoms with E-state index in [-0.39, 0.29) is 10.7 Å². The van der Waals surface area contributed by atoms with E-state index in [4.69, 9.17) is 18.9 Å². The number of hydrogen-bond donors (Lipinski definition) is 0. The lowest BCUT2D eigenvalue weighted by atomic mass is 9.90. The Morgan fingerprint density at radius 3 is 2.19 bits per heavy atom. The topological polar surface area (TPSA) is 71.1 Å². The second kappa shape index (κ2) is 7.92. The minimum Gasteiger partial charge on any atom is -0.493 e. The molecule has 1 fully saturated rings. The first-order chi connectivity index (χ1) is 14.5. The molecule has 6 nitrogen and oxygen atoms in total. The van der Waals surface area contributed by atoms with Gasteiger partial charge in [0.25, 0.3) is 0 Å². The molecule has 0 radical (unpaired) electrons. The van der Waals surface area contributed by atoms with E-state index >= 15 is 0 Å². The second-order valence-electron chi connectivity index (χ2n) is 8.48. The molecule has 2 aromatic rings. The number of hydrogen-bond acceptors (Lipinski definition) is 6. The van der Waals surface area contributed by atoms with Crippen molar-refractivity contribution < 1.29 is 27.4 Å². The first-order valence-electron chi connectivity index (χ1n) is 9.96. The number of halogens is 1. The molecule has 2 heterocycles. The van der Waals surface area contributed by atoms with Crippen molar-refractivity contribution >= 4 is 31.5 Å². The lowest BCUT2D eigenvalue weighted by Crippen LogP contribution is -2.41. The highest BCUT2D eigenvalue weighted by Crippen LogP contribution is 2.46. The van der Waals surface area contributed by atoms with E-state index in [1.165, 1.54) is 0 Å². The van der Waals surface area contributed by atoms with Crippen LogP contribution < -0.4 is 9.47 Å². The van der Waals surface area contributed by atoms with Gasteiger partial charge in [-0.1, -0.05) is 22.0 Å². The van der Waals surface area contributed by atoms with Gasteiger partial charge in [-0.15, -0.1) is 0 Å². The predicted octanol–water partition coefficient (Wildman–Crippen LogP) is 5.23. The fraction of sp³-hybridized carbons (Fsp3) is 0.391. The molecule has 1 saturated heterocycles. The summed E-state index contributed by atoms with van der Waals surface area (Å²) < 4.78 is 49.1. The van der Waals surface area contributed by atoms with Gasteiger partial charge in [-0.2, -0.15) is 0 Å². The van der Waals surface area contributed by atoms with Crippen LogP contribution in [-0.4, -0.2) is 31.6 Å². The highest BCUT2D eigenvalue weighted by Gasteiger charge is 2.49. The summed E-state index contributed by atoms with van der Waals surface area (Å²) in [5.74, 6) is 1.52. The lowest BCUT2D eigenvalue weighted by molar-refractivity contribution is -0.0896. The molecule has 0 atom stereocenters. The van der Waals surface area contributed by atoms with Gasteiger partial charge in [-0.05, 0) is 64.1 Å². The van der Waals surface area contributed by atoms with Crippen molar-refractivity contribution in [1.29, 1.82) is 0 Å². The molecule has 2 aliphatic heterocycles. The molecule has 0 aromatic heterocycles. The van der Waals surface area contributed by atoms with E-state index in [2.05, 4.69) is 15.9 Å². The third kappa shape index (κ3) is 4.26. The molecule has 31 heavy (non-hydrogen) atoms. The molecule has 8 heteroatoms. The van der Waals surface area contributed by atoms with E-state index in [1.54, 1.807) is 36.4 Å². The van der Waals surface area contributed by atoms with Crippen LogP contribution in [0.15, 0.2) is 52.8 Å². The Bertz CT molecular complexity index is 1100. The molecule has 0 unspecified atom stereocenters. The van der Waals surface area contributed by atoms with Crippen LogP contribution >= 0.6 is 15.9 Å². The van der Waals surface area contributed by atoms with Crippen molar-refractivity contribution in [3.05, 3.63) is 59.0 Å². The van der Waals surface area contributed by atoms with Crippen LogP contribution in [0.1, 0.15) is 45.1 Å². The van der Waals surface area contributed by atoms with Gasteiger partial charge in [-0.25, -0.2) is 8.42 Å². The maximum absolute atomic E-state index is 12.8. The lowest BCUT2D eigenvalue weighted by Gasteiger charge is -2.30. The van der Waals surface area contributed by atoms with E-state index in [0.717, 1.165) is 10.7 Å². The van der Waals surface area contributed by atoms with Crippen LogP contribution in [0.2, 0.25) is 0 Å². The van der Waals surface area contributed by atoms with Crippen molar-refractivity contribution in [3.63, 3.8) is 0 Å². The zero-order valence-electron chi connectivity index (χ0n) is 17.8. The summed E-state index contributed by atoms with van der Waals surface area (Å²) in [4.78, 5) is 0.187. The van der Waals surface area contributed by atoms with Crippen LogP contribution in [0.5, 0.6) is 11.5 Å². The maximum atomic E-state index is 12.8. The molecule has 0 N–H and O–H groups in total. The van der Waals surface area contributed by atoms with Crippen molar-refractivity contribution in [1.82, 2.24) is 0 Å². The average molecular weight is 509 g/mol. The van der Waals surface area contributed by atoms with Crippen LogP contribution in [0.4, 0.5) is 0 Å². The van der Waals surface area contributed by atoms with Gasteiger partial charge in [0, 0.05) is 16.5 Å². The molecule has 0 saturated carbocycles. The first kappa shape index (κ1) is 22.3. The predicted molar refractivity (Wildman–Crippen MR) is 121 cm³/mol. The van der Waals surface area contributed by atoms with Gasteiger partial charge in [0.05, 0.1) is 28.1 Å². The Morgan fingerprint density at radius 2 is 1.58 bits per heavy atom. The van der Waals surface area contributed by atoms with Gasteiger partial charge in [0.2, 0.25) is 9.84 Å². The van der Waals surface area contributed by atoms with Crippen LogP contribution in [0.25, 0.3) is 5.76 Å². The molecule has 0 amide bonds. The van der Waals surface area contributed by atoms with E-state index < -0.39 is 27.3 Å². The molecule has 2 aromatic carbocycles. The Hall–Kier alpha value is -1.87. The summed E-state index contributed by atoms with van der Waals surface area (Å²) in [5.41, 5.74) is 0.155. The van der Waals surface area contributed by atoms with Crippen molar-refractivity contribution in [2.45, 2.75) is 50.1 Å². The number of sulfone groups is 1. The van der Waals surface area contributed by atoms with Crippen molar-refractivity contribution in [2.24, 2.45) is 0 Å². The minimum absolute atomic E-state index is 0.187. The van der Waals surface area contributed by atoms with Crippen LogP contribution in [0, 0.1) is 0 Å². The summed E-state index contributed by atoms with van der Waals surface area (Å²) in [6.07, 6.45) is -0.637. The van der Waals surface area contributed by atoms with E-state index in [9.17, 15) is 8.42 Å². The first-order valence-corrected chi connectivity index (χ1v) is 12.6.